The molecule has 0 bridgehead atoms. The Labute approximate surface area is 159 Å². The molecule has 0 saturated heterocycles. The Morgan fingerprint density at radius 1 is 1.08 bits per heavy atom. The molecule has 0 radical (unpaired) electrons. The SMILES string of the molecule is COc1ccc(Cl)cc1NC(=O)/C=N\OCC(=O)Nc1ccc(Cl)cc1. The lowest BCUT2D eigenvalue weighted by molar-refractivity contribution is -0.120. The number of nitrogens with one attached hydrogen (secondary N) is 2. The summed E-state index contributed by atoms with van der Waals surface area (Å²) in [6.45, 7) is -0.354. The van der Waals surface area contributed by atoms with Crippen LogP contribution in [-0.4, -0.2) is 31.7 Å². The molecule has 0 aliphatic rings. The Balaban J connectivity index is 1.79. The highest BCUT2D eigenvalue weighted by Crippen LogP contribution is 2.27. The number of amides is 2. The third-order valence-corrected chi connectivity index (χ3v) is 3.47. The van der Waals surface area contributed by atoms with Crippen LogP contribution in [0.4, 0.5) is 11.4 Å². The summed E-state index contributed by atoms with van der Waals surface area (Å²) in [6, 6.07) is 11.4. The van der Waals surface area contributed by atoms with E-state index in [0.29, 0.717) is 27.2 Å². The minimum Gasteiger partial charge on any atom is -0.495 e. The van der Waals surface area contributed by atoms with E-state index in [-0.39, 0.29) is 6.61 Å². The van der Waals surface area contributed by atoms with Gasteiger partial charge in [-0.3, -0.25) is 9.59 Å². The summed E-state index contributed by atoms with van der Waals surface area (Å²) in [5.41, 5.74) is 0.953. The lowest BCUT2D eigenvalue weighted by atomic mass is 10.3. The van der Waals surface area contributed by atoms with Crippen LogP contribution < -0.4 is 15.4 Å². The van der Waals surface area contributed by atoms with E-state index in [9.17, 15) is 9.59 Å². The molecule has 0 heterocycles. The molecule has 2 N–H and O–H groups in total. The number of nitrogens with zero attached hydrogens (tertiary/aromatic N) is 1. The topological polar surface area (TPSA) is 89.0 Å². The first-order valence-corrected chi connectivity index (χ1v) is 8.09. The number of oxime groups is 1. The van der Waals surface area contributed by atoms with Crippen molar-refractivity contribution < 1.29 is 19.2 Å². The predicted molar refractivity (Wildman–Crippen MR) is 101 cm³/mol. The first kappa shape index (κ1) is 19.6. The number of ether oxygens (including phenoxy) is 1. The van der Waals surface area contributed by atoms with Crippen molar-refractivity contribution in [2.45, 2.75) is 0 Å². The molecule has 0 unspecified atom stereocenters. The molecule has 0 saturated carbocycles. The summed E-state index contributed by atoms with van der Waals surface area (Å²) in [4.78, 5) is 28.3. The van der Waals surface area contributed by atoms with Gasteiger partial charge >= 0.3 is 0 Å². The lowest BCUT2D eigenvalue weighted by Crippen LogP contribution is -2.18. The molecule has 7 nitrogen and oxygen atoms in total. The molecule has 2 rings (SSSR count). The van der Waals surface area contributed by atoms with Crippen LogP contribution in [0.15, 0.2) is 47.6 Å². The van der Waals surface area contributed by atoms with Crippen LogP contribution in [0.2, 0.25) is 10.0 Å². The van der Waals surface area contributed by atoms with Crippen molar-refractivity contribution in [3.8, 4) is 5.75 Å². The minimum atomic E-state index is -0.566. The van der Waals surface area contributed by atoms with Crippen LogP contribution >= 0.6 is 23.2 Å². The number of rotatable bonds is 7. The molecule has 26 heavy (non-hydrogen) atoms. The van der Waals surface area contributed by atoms with E-state index in [0.717, 1.165) is 6.21 Å². The highest BCUT2D eigenvalue weighted by Gasteiger charge is 2.07. The molecular formula is C17H15Cl2N3O4. The molecule has 0 atom stereocenters. The monoisotopic (exact) mass is 395 g/mol. The van der Waals surface area contributed by atoms with Gasteiger partial charge in [-0.1, -0.05) is 28.4 Å². The van der Waals surface area contributed by atoms with Gasteiger partial charge in [0.1, 0.15) is 12.0 Å². The van der Waals surface area contributed by atoms with Gasteiger partial charge < -0.3 is 20.2 Å². The molecule has 0 spiro atoms. The van der Waals surface area contributed by atoms with Gasteiger partial charge in [0.15, 0.2) is 6.61 Å². The van der Waals surface area contributed by atoms with Gasteiger partial charge in [-0.2, -0.15) is 0 Å². The highest BCUT2D eigenvalue weighted by molar-refractivity contribution is 6.33. The zero-order chi connectivity index (χ0) is 18.9. The van der Waals surface area contributed by atoms with Crippen molar-refractivity contribution in [3.05, 3.63) is 52.5 Å². The van der Waals surface area contributed by atoms with E-state index in [1.807, 2.05) is 0 Å². The zero-order valence-corrected chi connectivity index (χ0v) is 15.2. The molecule has 0 aliphatic carbocycles. The largest absolute Gasteiger partial charge is 0.495 e. The second-order valence-corrected chi connectivity index (χ2v) is 5.77. The van der Waals surface area contributed by atoms with E-state index < -0.39 is 11.8 Å². The molecule has 0 aliphatic heterocycles. The maximum atomic E-state index is 11.8. The van der Waals surface area contributed by atoms with Gasteiger partial charge in [0.05, 0.1) is 12.8 Å². The van der Waals surface area contributed by atoms with E-state index in [1.165, 1.54) is 13.2 Å². The van der Waals surface area contributed by atoms with Gasteiger partial charge in [0.25, 0.3) is 11.8 Å². The number of hydrogen-bond acceptors (Lipinski definition) is 5. The molecule has 2 aromatic rings. The molecule has 9 heteroatoms. The van der Waals surface area contributed by atoms with Gasteiger partial charge in [0.2, 0.25) is 0 Å². The van der Waals surface area contributed by atoms with Crippen molar-refractivity contribution in [2.75, 3.05) is 24.4 Å². The van der Waals surface area contributed by atoms with Crippen LogP contribution in [0.25, 0.3) is 0 Å². The summed E-state index contributed by atoms with van der Waals surface area (Å²) >= 11 is 11.6. The first-order valence-electron chi connectivity index (χ1n) is 7.33. The summed E-state index contributed by atoms with van der Waals surface area (Å²) in [5, 5.41) is 9.58. The summed E-state index contributed by atoms with van der Waals surface area (Å²) in [6.07, 6.45) is 0.899. The van der Waals surface area contributed by atoms with E-state index >= 15 is 0 Å². The maximum Gasteiger partial charge on any atom is 0.270 e. The minimum absolute atomic E-state index is 0.354. The molecule has 136 valence electrons. The predicted octanol–water partition coefficient (Wildman–Crippen LogP) is 3.58. The Morgan fingerprint density at radius 2 is 1.77 bits per heavy atom. The van der Waals surface area contributed by atoms with E-state index in [4.69, 9.17) is 32.8 Å². The Bertz CT molecular complexity index is 810. The zero-order valence-electron chi connectivity index (χ0n) is 13.7. The van der Waals surface area contributed by atoms with Gasteiger partial charge in [-0.05, 0) is 42.5 Å². The van der Waals surface area contributed by atoms with Crippen molar-refractivity contribution >= 4 is 52.6 Å². The highest BCUT2D eigenvalue weighted by atomic mass is 35.5. The molecular weight excluding hydrogens is 381 g/mol. The second kappa shape index (κ2) is 9.65. The van der Waals surface area contributed by atoms with Crippen LogP contribution in [-0.2, 0) is 14.4 Å². The Kier molecular flexibility index (Phi) is 7.25. The number of benzene rings is 2. The third-order valence-electron chi connectivity index (χ3n) is 2.99. The quantitative estimate of drug-likeness (QED) is 0.553. The first-order chi connectivity index (χ1) is 12.5. The number of anilines is 2. The van der Waals surface area contributed by atoms with Crippen molar-refractivity contribution in [1.29, 1.82) is 0 Å². The summed E-state index contributed by atoms with van der Waals surface area (Å²) in [5.74, 6) is -0.551. The normalized spacial score (nSPS) is 10.4. The molecule has 0 fully saturated rings. The number of carbonyl (C=O) groups excluding carboxylic acids is 2. The standard InChI is InChI=1S/C17H15Cl2N3O4/c1-25-15-7-4-12(19)8-14(15)22-16(23)9-20-26-10-17(24)21-13-5-2-11(18)3-6-13/h2-9H,10H2,1H3,(H,21,24)(H,22,23)/b20-9-. The number of carbonyl (C=O) groups is 2. The lowest BCUT2D eigenvalue weighted by Gasteiger charge is -2.08. The Morgan fingerprint density at radius 3 is 2.46 bits per heavy atom. The summed E-state index contributed by atoms with van der Waals surface area (Å²) < 4.78 is 5.11. The van der Waals surface area contributed by atoms with E-state index in [1.54, 1.807) is 36.4 Å². The van der Waals surface area contributed by atoms with Crippen LogP contribution in [0.1, 0.15) is 0 Å². The third kappa shape index (κ3) is 6.27. The number of methoxy groups -OCH3 is 1. The Hall–Kier alpha value is -2.77. The smallest absolute Gasteiger partial charge is 0.270 e. The molecule has 2 amide bonds. The maximum absolute atomic E-state index is 11.8. The fraction of sp³-hybridized carbons (Fsp3) is 0.118. The fourth-order valence-electron chi connectivity index (χ4n) is 1.85. The van der Waals surface area contributed by atoms with Gasteiger partial charge in [-0.15, -0.1) is 0 Å². The van der Waals surface area contributed by atoms with Crippen molar-refractivity contribution in [1.82, 2.24) is 0 Å². The average Bonchev–Trinajstić information content (AvgIpc) is 2.61. The summed E-state index contributed by atoms with van der Waals surface area (Å²) in [7, 11) is 1.47. The molecule has 2 aromatic carbocycles. The van der Waals surface area contributed by atoms with Crippen LogP contribution in [0.3, 0.4) is 0 Å². The van der Waals surface area contributed by atoms with Crippen molar-refractivity contribution in [3.63, 3.8) is 0 Å². The number of hydrogen-bond donors (Lipinski definition) is 2. The molecule has 0 aromatic heterocycles. The number of halogens is 2. The van der Waals surface area contributed by atoms with Crippen LogP contribution in [0, 0.1) is 0 Å². The van der Waals surface area contributed by atoms with Crippen molar-refractivity contribution in [2.24, 2.45) is 5.16 Å². The fourth-order valence-corrected chi connectivity index (χ4v) is 2.15. The van der Waals surface area contributed by atoms with Gasteiger partial charge in [-0.25, -0.2) is 0 Å². The average molecular weight is 396 g/mol. The van der Waals surface area contributed by atoms with E-state index in [2.05, 4.69) is 15.8 Å². The van der Waals surface area contributed by atoms with Gasteiger partial charge in [0, 0.05) is 15.7 Å². The second-order valence-electron chi connectivity index (χ2n) is 4.90. The van der Waals surface area contributed by atoms with Crippen LogP contribution in [0.5, 0.6) is 5.75 Å².